The van der Waals surface area contributed by atoms with E-state index in [9.17, 15) is 18.2 Å². The molecule has 0 spiro atoms. The van der Waals surface area contributed by atoms with Crippen LogP contribution in [0.15, 0.2) is 53.4 Å². The van der Waals surface area contributed by atoms with Crippen LogP contribution in [0.5, 0.6) is 0 Å². The van der Waals surface area contributed by atoms with E-state index in [1.54, 1.807) is 24.3 Å². The van der Waals surface area contributed by atoms with Gasteiger partial charge in [0.15, 0.2) is 0 Å². The second kappa shape index (κ2) is 8.35. The van der Waals surface area contributed by atoms with Crippen molar-refractivity contribution in [3.05, 3.63) is 59.9 Å². The first-order chi connectivity index (χ1) is 11.5. The van der Waals surface area contributed by atoms with Crippen molar-refractivity contribution < 1.29 is 18.2 Å². The number of amides is 2. The van der Waals surface area contributed by atoms with E-state index in [2.05, 4.69) is 10.6 Å². The second-order valence-electron chi connectivity index (χ2n) is 4.99. The van der Waals surface area contributed by atoms with E-state index in [0.717, 1.165) is 6.07 Å². The Labute approximate surface area is 141 Å². The highest BCUT2D eigenvalue weighted by Gasteiger charge is 2.13. The van der Waals surface area contributed by atoms with Crippen molar-refractivity contribution in [3.63, 3.8) is 0 Å². The molecular formula is C17H17FN2O3S. The van der Waals surface area contributed by atoms with Gasteiger partial charge in [-0.1, -0.05) is 18.2 Å². The summed E-state index contributed by atoms with van der Waals surface area (Å²) < 4.78 is 25.8. The molecule has 24 heavy (non-hydrogen) atoms. The maximum Gasteiger partial charge on any atom is 0.254 e. The largest absolute Gasteiger partial charge is 0.351 e. The van der Waals surface area contributed by atoms with Crippen LogP contribution in [-0.2, 0) is 15.6 Å². The second-order valence-corrected chi connectivity index (χ2v) is 6.57. The highest BCUT2D eigenvalue weighted by Crippen LogP contribution is 2.15. The topological polar surface area (TPSA) is 75.3 Å². The lowest BCUT2D eigenvalue weighted by atomic mass is 10.1. The van der Waals surface area contributed by atoms with Crippen LogP contribution in [0.3, 0.4) is 0 Å². The summed E-state index contributed by atoms with van der Waals surface area (Å²) in [5.41, 5.74) is 0.161. The lowest BCUT2D eigenvalue weighted by Gasteiger charge is -2.08. The van der Waals surface area contributed by atoms with E-state index >= 15 is 0 Å². The predicted molar refractivity (Wildman–Crippen MR) is 90.8 cm³/mol. The van der Waals surface area contributed by atoms with Gasteiger partial charge in [-0.05, 0) is 30.3 Å². The Balaban J connectivity index is 1.95. The zero-order valence-corrected chi connectivity index (χ0v) is 13.9. The molecule has 7 heteroatoms. The minimum absolute atomic E-state index is 0.143. The summed E-state index contributed by atoms with van der Waals surface area (Å²) in [6.07, 6.45) is 0. The summed E-state index contributed by atoms with van der Waals surface area (Å²) in [4.78, 5) is 23.8. The molecule has 2 N–H and O–H groups in total. The van der Waals surface area contributed by atoms with Crippen molar-refractivity contribution in [1.29, 1.82) is 0 Å². The molecule has 5 nitrogen and oxygen atoms in total. The molecule has 0 heterocycles. The summed E-state index contributed by atoms with van der Waals surface area (Å²) >= 11 is 0. The SMILES string of the molecule is CC(=O)Nc1ccc(F)c(C(=O)NCC[S@](=O)c2ccccc2)c1. The number of carbonyl (C=O) groups excluding carboxylic acids is 2. The van der Waals surface area contributed by atoms with Crippen LogP contribution in [0.25, 0.3) is 0 Å². The van der Waals surface area contributed by atoms with Gasteiger partial charge in [0.05, 0.1) is 16.4 Å². The summed E-state index contributed by atoms with van der Waals surface area (Å²) in [7, 11) is -1.24. The molecule has 126 valence electrons. The average Bonchev–Trinajstić information content (AvgIpc) is 2.56. The van der Waals surface area contributed by atoms with Crippen molar-refractivity contribution in [2.45, 2.75) is 11.8 Å². The van der Waals surface area contributed by atoms with Crippen LogP contribution in [0.1, 0.15) is 17.3 Å². The molecule has 2 amide bonds. The summed E-state index contributed by atoms with van der Waals surface area (Å²) in [6, 6.07) is 12.6. The molecule has 0 bridgehead atoms. The van der Waals surface area contributed by atoms with Gasteiger partial charge in [0.1, 0.15) is 5.82 Å². The van der Waals surface area contributed by atoms with Crippen molar-refractivity contribution in [1.82, 2.24) is 5.32 Å². The smallest absolute Gasteiger partial charge is 0.254 e. The monoisotopic (exact) mass is 348 g/mol. The molecule has 0 aliphatic carbocycles. The van der Waals surface area contributed by atoms with E-state index in [1.165, 1.54) is 19.1 Å². The van der Waals surface area contributed by atoms with Gasteiger partial charge in [0.25, 0.3) is 5.91 Å². The molecule has 0 saturated carbocycles. The van der Waals surface area contributed by atoms with E-state index in [4.69, 9.17) is 0 Å². The number of rotatable bonds is 6. The molecule has 2 aromatic carbocycles. The summed E-state index contributed by atoms with van der Waals surface area (Å²) in [5, 5.41) is 5.03. The summed E-state index contributed by atoms with van der Waals surface area (Å²) in [5.74, 6) is -1.40. The molecule has 2 aromatic rings. The lowest BCUT2D eigenvalue weighted by molar-refractivity contribution is -0.114. The number of carbonyl (C=O) groups is 2. The van der Waals surface area contributed by atoms with Gasteiger partial charge >= 0.3 is 0 Å². The third kappa shape index (κ3) is 4.99. The molecule has 0 fully saturated rings. The zero-order valence-electron chi connectivity index (χ0n) is 13.0. The van der Waals surface area contributed by atoms with Gasteiger partial charge in [-0.2, -0.15) is 0 Å². The molecule has 1 atom stereocenters. The van der Waals surface area contributed by atoms with Crippen LogP contribution < -0.4 is 10.6 Å². The molecule has 2 rings (SSSR count). The quantitative estimate of drug-likeness (QED) is 0.841. The fourth-order valence-electron chi connectivity index (χ4n) is 2.02. The number of hydrogen-bond donors (Lipinski definition) is 2. The van der Waals surface area contributed by atoms with Crippen molar-refractivity contribution in [2.75, 3.05) is 17.6 Å². The van der Waals surface area contributed by atoms with Crippen molar-refractivity contribution in [2.24, 2.45) is 0 Å². The number of nitrogens with one attached hydrogen (secondary N) is 2. The van der Waals surface area contributed by atoms with Crippen LogP contribution in [0.2, 0.25) is 0 Å². The minimum Gasteiger partial charge on any atom is -0.351 e. The average molecular weight is 348 g/mol. The maximum absolute atomic E-state index is 13.8. The molecule has 0 aliphatic heterocycles. The number of anilines is 1. The highest BCUT2D eigenvalue weighted by molar-refractivity contribution is 7.85. The van der Waals surface area contributed by atoms with E-state index in [1.807, 2.05) is 6.07 Å². The highest BCUT2D eigenvalue weighted by atomic mass is 32.2. The fraction of sp³-hybridized carbons (Fsp3) is 0.176. The van der Waals surface area contributed by atoms with Gasteiger partial charge in [0.2, 0.25) is 5.91 Å². The summed E-state index contributed by atoms with van der Waals surface area (Å²) in [6.45, 7) is 1.46. The molecule has 0 saturated heterocycles. The Bertz CT molecular complexity index is 766. The Hall–Kier alpha value is -2.54. The number of halogens is 1. The van der Waals surface area contributed by atoms with E-state index < -0.39 is 22.5 Å². The minimum atomic E-state index is -1.24. The predicted octanol–water partition coefficient (Wildman–Crippen LogP) is 2.32. The van der Waals surface area contributed by atoms with Gasteiger partial charge < -0.3 is 10.6 Å². The number of benzene rings is 2. The van der Waals surface area contributed by atoms with E-state index in [0.29, 0.717) is 10.6 Å². The van der Waals surface area contributed by atoms with Crippen molar-refractivity contribution in [3.8, 4) is 0 Å². The van der Waals surface area contributed by atoms with Crippen molar-refractivity contribution >= 4 is 28.3 Å². The van der Waals surface area contributed by atoms with Crippen LogP contribution in [0, 0.1) is 5.82 Å². The Kier molecular flexibility index (Phi) is 6.20. The molecule has 0 unspecified atom stereocenters. The van der Waals surface area contributed by atoms with Gasteiger partial charge in [-0.3, -0.25) is 13.8 Å². The first-order valence-corrected chi connectivity index (χ1v) is 8.58. The third-order valence-corrected chi connectivity index (χ3v) is 4.48. The van der Waals surface area contributed by atoms with E-state index in [-0.39, 0.29) is 23.8 Å². The molecule has 0 radical (unpaired) electrons. The molecule has 0 aromatic heterocycles. The third-order valence-electron chi connectivity index (χ3n) is 3.11. The van der Waals surface area contributed by atoms with Gasteiger partial charge in [-0.15, -0.1) is 0 Å². The normalized spacial score (nSPS) is 11.6. The van der Waals surface area contributed by atoms with Gasteiger partial charge in [-0.25, -0.2) is 4.39 Å². The Morgan fingerprint density at radius 2 is 1.83 bits per heavy atom. The van der Waals surface area contributed by atoms with Gasteiger partial charge in [0, 0.05) is 29.8 Å². The molecule has 0 aliphatic rings. The first kappa shape index (κ1) is 17.8. The molecular weight excluding hydrogens is 331 g/mol. The maximum atomic E-state index is 13.8. The van der Waals surface area contributed by atoms with Crippen LogP contribution >= 0.6 is 0 Å². The first-order valence-electron chi connectivity index (χ1n) is 7.26. The standard InChI is InChI=1S/C17H17FN2O3S/c1-12(21)20-13-7-8-16(18)15(11-13)17(22)19-9-10-24(23)14-5-3-2-4-6-14/h2-8,11H,9-10H2,1H3,(H,19,22)(H,20,21)/t24-/m0/s1. The Morgan fingerprint density at radius 3 is 2.50 bits per heavy atom. The zero-order chi connectivity index (χ0) is 17.5. The number of hydrogen-bond acceptors (Lipinski definition) is 3. The Morgan fingerprint density at radius 1 is 1.12 bits per heavy atom. The lowest BCUT2D eigenvalue weighted by Crippen LogP contribution is -2.28. The fourth-order valence-corrected chi connectivity index (χ4v) is 3.01. The van der Waals surface area contributed by atoms with Crippen LogP contribution in [0.4, 0.5) is 10.1 Å². The van der Waals surface area contributed by atoms with Crippen LogP contribution in [-0.4, -0.2) is 28.3 Å².